The van der Waals surface area contributed by atoms with Gasteiger partial charge in [-0.25, -0.2) is 4.79 Å². The molecule has 1 unspecified atom stereocenters. The predicted octanol–water partition coefficient (Wildman–Crippen LogP) is 2.08. The molecule has 0 aliphatic carbocycles. The standard InChI is InChI=1S/C21H35N5O3/c1-6-29-21(27)26-13-11-17(12-14-26)24-20(22-2)23-15-19(25(3)4)16-7-9-18(28-5)10-8-16/h7-10,17,19H,6,11-15H2,1-5H3,(H2,22,23,24). The van der Waals surface area contributed by atoms with Crippen LogP contribution >= 0.6 is 0 Å². The second kappa shape index (κ2) is 11.5. The molecule has 1 aliphatic heterocycles. The van der Waals surface area contributed by atoms with Gasteiger partial charge in [0.1, 0.15) is 5.75 Å². The van der Waals surface area contributed by atoms with Crippen LogP contribution in [0, 0.1) is 0 Å². The maximum absolute atomic E-state index is 11.8. The second-order valence-corrected chi connectivity index (χ2v) is 7.31. The number of amides is 1. The van der Waals surface area contributed by atoms with Gasteiger partial charge in [-0.2, -0.15) is 0 Å². The maximum Gasteiger partial charge on any atom is 0.409 e. The molecule has 2 N–H and O–H groups in total. The van der Waals surface area contributed by atoms with Gasteiger partial charge in [0.05, 0.1) is 19.8 Å². The SMILES string of the molecule is CCOC(=O)N1CCC(NC(=NC)NCC(c2ccc(OC)cc2)N(C)C)CC1. The first-order chi connectivity index (χ1) is 14.0. The van der Waals surface area contributed by atoms with Crippen molar-refractivity contribution in [3.05, 3.63) is 29.8 Å². The van der Waals surface area contributed by atoms with E-state index in [0.717, 1.165) is 31.1 Å². The molecule has 8 heteroatoms. The molecule has 1 heterocycles. The van der Waals surface area contributed by atoms with Gasteiger partial charge in [-0.15, -0.1) is 0 Å². The van der Waals surface area contributed by atoms with Gasteiger partial charge in [0.25, 0.3) is 0 Å². The summed E-state index contributed by atoms with van der Waals surface area (Å²) < 4.78 is 10.3. The molecule has 0 radical (unpaired) electrons. The lowest BCUT2D eigenvalue weighted by Gasteiger charge is -2.33. The predicted molar refractivity (Wildman–Crippen MR) is 116 cm³/mol. The van der Waals surface area contributed by atoms with Gasteiger partial charge in [0.2, 0.25) is 0 Å². The van der Waals surface area contributed by atoms with Crippen molar-refractivity contribution in [1.29, 1.82) is 0 Å². The molecule has 162 valence electrons. The number of methoxy groups -OCH3 is 1. The average Bonchev–Trinajstić information content (AvgIpc) is 2.73. The minimum atomic E-state index is -0.221. The second-order valence-electron chi connectivity index (χ2n) is 7.31. The number of piperidine rings is 1. The van der Waals surface area contributed by atoms with E-state index in [2.05, 4.69) is 46.8 Å². The first kappa shape index (κ1) is 22.8. The number of ether oxygens (including phenoxy) is 2. The fraction of sp³-hybridized carbons (Fsp3) is 0.619. The Morgan fingerprint density at radius 3 is 2.45 bits per heavy atom. The number of rotatable bonds is 7. The molecule has 1 aliphatic rings. The monoisotopic (exact) mass is 405 g/mol. The van der Waals surface area contributed by atoms with Crippen LogP contribution < -0.4 is 15.4 Å². The fourth-order valence-electron chi connectivity index (χ4n) is 3.43. The highest BCUT2D eigenvalue weighted by molar-refractivity contribution is 5.80. The van der Waals surface area contributed by atoms with E-state index < -0.39 is 0 Å². The third-order valence-electron chi connectivity index (χ3n) is 5.17. The van der Waals surface area contributed by atoms with Gasteiger partial charge in [-0.05, 0) is 51.6 Å². The fourth-order valence-corrected chi connectivity index (χ4v) is 3.43. The van der Waals surface area contributed by atoms with Gasteiger partial charge in [0.15, 0.2) is 5.96 Å². The van der Waals surface area contributed by atoms with Crippen LogP contribution in [0.5, 0.6) is 5.75 Å². The van der Waals surface area contributed by atoms with Crippen molar-refractivity contribution in [3.8, 4) is 5.75 Å². The van der Waals surface area contributed by atoms with E-state index in [4.69, 9.17) is 9.47 Å². The van der Waals surface area contributed by atoms with E-state index in [9.17, 15) is 4.79 Å². The summed E-state index contributed by atoms with van der Waals surface area (Å²) in [4.78, 5) is 20.2. The third-order valence-corrected chi connectivity index (χ3v) is 5.17. The average molecular weight is 406 g/mol. The lowest BCUT2D eigenvalue weighted by Crippen LogP contribution is -2.50. The van der Waals surface area contributed by atoms with E-state index in [-0.39, 0.29) is 18.2 Å². The summed E-state index contributed by atoms with van der Waals surface area (Å²) in [5.74, 6) is 1.63. The molecule has 0 saturated carbocycles. The van der Waals surface area contributed by atoms with Crippen molar-refractivity contribution < 1.29 is 14.3 Å². The highest BCUT2D eigenvalue weighted by Gasteiger charge is 2.24. The number of nitrogens with one attached hydrogen (secondary N) is 2. The summed E-state index contributed by atoms with van der Waals surface area (Å²) in [5, 5.41) is 6.92. The van der Waals surface area contributed by atoms with E-state index in [1.165, 1.54) is 5.56 Å². The third kappa shape index (κ3) is 6.81. The van der Waals surface area contributed by atoms with Crippen molar-refractivity contribution in [3.63, 3.8) is 0 Å². The molecule has 29 heavy (non-hydrogen) atoms. The molecular formula is C21H35N5O3. The molecule has 1 atom stereocenters. The Hall–Kier alpha value is -2.48. The molecule has 8 nitrogen and oxygen atoms in total. The normalized spacial score (nSPS) is 16.5. The first-order valence-corrected chi connectivity index (χ1v) is 10.2. The Labute approximate surface area is 174 Å². The molecule has 1 saturated heterocycles. The molecule has 0 bridgehead atoms. The van der Waals surface area contributed by atoms with Crippen LogP contribution in [0.1, 0.15) is 31.4 Å². The summed E-state index contributed by atoms with van der Waals surface area (Å²) in [6.07, 6.45) is 1.52. The number of carbonyl (C=O) groups excluding carboxylic acids is 1. The number of carbonyl (C=O) groups is 1. The van der Waals surface area contributed by atoms with E-state index in [1.54, 1.807) is 19.1 Å². The Balaban J connectivity index is 1.86. The molecule has 1 amide bonds. The Kier molecular flexibility index (Phi) is 9.05. The molecule has 0 spiro atoms. The van der Waals surface area contributed by atoms with E-state index >= 15 is 0 Å². The van der Waals surface area contributed by atoms with Crippen molar-refractivity contribution in [2.24, 2.45) is 4.99 Å². The maximum atomic E-state index is 11.8. The zero-order chi connectivity index (χ0) is 21.2. The van der Waals surface area contributed by atoms with Crippen LogP contribution in [0.2, 0.25) is 0 Å². The molecule has 1 aromatic rings. The minimum absolute atomic E-state index is 0.199. The number of nitrogens with zero attached hydrogens (tertiary/aromatic N) is 3. The number of benzene rings is 1. The number of guanidine groups is 1. The van der Waals surface area contributed by atoms with Gasteiger partial charge in [0, 0.05) is 32.7 Å². The van der Waals surface area contributed by atoms with Gasteiger partial charge >= 0.3 is 6.09 Å². The van der Waals surface area contributed by atoms with Crippen molar-refractivity contribution in [2.75, 3.05) is 54.5 Å². The molecule has 2 rings (SSSR count). The van der Waals surface area contributed by atoms with Crippen LogP contribution in [0.15, 0.2) is 29.3 Å². The minimum Gasteiger partial charge on any atom is -0.497 e. The number of hydrogen-bond acceptors (Lipinski definition) is 5. The van der Waals surface area contributed by atoms with Gasteiger partial charge in [-0.1, -0.05) is 12.1 Å². The van der Waals surface area contributed by atoms with Crippen molar-refractivity contribution >= 4 is 12.1 Å². The van der Waals surface area contributed by atoms with Crippen LogP contribution in [0.4, 0.5) is 4.79 Å². The number of aliphatic imine (C=N–C) groups is 1. The lowest BCUT2D eigenvalue weighted by molar-refractivity contribution is 0.0963. The Bertz CT molecular complexity index is 655. The van der Waals surface area contributed by atoms with E-state index in [1.807, 2.05) is 19.1 Å². The zero-order valence-electron chi connectivity index (χ0n) is 18.3. The largest absolute Gasteiger partial charge is 0.497 e. The van der Waals surface area contributed by atoms with Crippen LogP contribution in [-0.4, -0.2) is 82.4 Å². The lowest BCUT2D eigenvalue weighted by atomic mass is 10.1. The Morgan fingerprint density at radius 1 is 1.28 bits per heavy atom. The topological polar surface area (TPSA) is 78.4 Å². The van der Waals surface area contributed by atoms with Gasteiger partial charge < -0.3 is 29.9 Å². The molecule has 1 fully saturated rings. The summed E-state index contributed by atoms with van der Waals surface area (Å²) >= 11 is 0. The van der Waals surface area contributed by atoms with Gasteiger partial charge in [-0.3, -0.25) is 4.99 Å². The summed E-state index contributed by atoms with van der Waals surface area (Å²) in [6, 6.07) is 8.63. The number of hydrogen-bond donors (Lipinski definition) is 2. The Morgan fingerprint density at radius 2 is 1.93 bits per heavy atom. The van der Waals surface area contributed by atoms with Crippen molar-refractivity contribution in [1.82, 2.24) is 20.4 Å². The molecular weight excluding hydrogens is 370 g/mol. The van der Waals surface area contributed by atoms with Crippen molar-refractivity contribution in [2.45, 2.75) is 31.8 Å². The molecule has 0 aromatic heterocycles. The number of likely N-dealkylation sites (N-methyl/N-ethyl adjacent to an activating group) is 1. The first-order valence-electron chi connectivity index (χ1n) is 10.2. The summed E-state index contributed by atoms with van der Waals surface area (Å²) in [7, 11) is 7.59. The quantitative estimate of drug-likeness (QED) is 0.534. The smallest absolute Gasteiger partial charge is 0.409 e. The highest BCUT2D eigenvalue weighted by Crippen LogP contribution is 2.20. The van der Waals surface area contributed by atoms with E-state index in [0.29, 0.717) is 19.7 Å². The molecule has 1 aromatic carbocycles. The highest BCUT2D eigenvalue weighted by atomic mass is 16.6. The summed E-state index contributed by atoms with van der Waals surface area (Å²) in [6.45, 7) is 4.35. The van der Waals surface area contributed by atoms with Crippen LogP contribution in [-0.2, 0) is 4.74 Å². The zero-order valence-corrected chi connectivity index (χ0v) is 18.3. The summed E-state index contributed by atoms with van der Waals surface area (Å²) in [5.41, 5.74) is 1.21. The number of likely N-dealkylation sites (tertiary alicyclic amines) is 1. The van der Waals surface area contributed by atoms with Crippen LogP contribution in [0.3, 0.4) is 0 Å². The van der Waals surface area contributed by atoms with Crippen LogP contribution in [0.25, 0.3) is 0 Å².